The number of furan rings is 1. The van der Waals surface area contributed by atoms with E-state index in [0.29, 0.717) is 5.56 Å². The first-order valence-corrected chi connectivity index (χ1v) is 19.4. The first-order chi connectivity index (χ1) is 28.2. The van der Waals surface area contributed by atoms with E-state index in [1.807, 2.05) is 12.1 Å². The zero-order valence-electron chi connectivity index (χ0n) is 30.8. The first-order valence-electron chi connectivity index (χ1n) is 19.4. The van der Waals surface area contributed by atoms with Crippen molar-refractivity contribution < 1.29 is 4.42 Å². The maximum absolute atomic E-state index is 9.45. The van der Waals surface area contributed by atoms with Crippen molar-refractivity contribution in [3.8, 4) is 39.4 Å². The van der Waals surface area contributed by atoms with E-state index in [1.165, 1.54) is 97.8 Å². The predicted molar refractivity (Wildman–Crippen MR) is 240 cm³/mol. The number of fused-ring (bicyclic) bond motifs is 13. The fourth-order valence-electron chi connectivity index (χ4n) is 9.46. The molecule has 0 unspecified atom stereocenters. The van der Waals surface area contributed by atoms with Gasteiger partial charge >= 0.3 is 0 Å². The number of rotatable bonds is 3. The van der Waals surface area contributed by atoms with Crippen molar-refractivity contribution in [3.63, 3.8) is 0 Å². The van der Waals surface area contributed by atoms with Crippen LogP contribution in [0.15, 0.2) is 192 Å². The summed E-state index contributed by atoms with van der Waals surface area (Å²) < 4.78 is 6.55. The molecule has 2 heteroatoms. The third kappa shape index (κ3) is 4.70. The molecule has 0 amide bonds. The maximum Gasteiger partial charge on any atom is 0.136 e. The summed E-state index contributed by atoms with van der Waals surface area (Å²) in [4.78, 5) is 0. The second-order valence-electron chi connectivity index (χ2n) is 15.1. The second kappa shape index (κ2) is 12.1. The van der Waals surface area contributed by atoms with Gasteiger partial charge in [0.25, 0.3) is 0 Å². The standard InChI is InChI=1S/C55H31NO/c56-32-33-17-19-36(20-18-33)53-43-13-5-7-15-45(43)54(46-16-8-6-14-44(46)53)37-23-21-34(22-24-37)38-25-27-42-47(29-38)40-11-3-4-12-41(40)48-30-50-52(31-49(42)48)57-51-28-26-35-9-1-2-10-39(35)55(50)51/h1-31H. The van der Waals surface area contributed by atoms with Gasteiger partial charge in [0, 0.05) is 10.8 Å². The van der Waals surface area contributed by atoms with E-state index in [4.69, 9.17) is 4.42 Å². The number of hydrogen-bond donors (Lipinski definition) is 0. The third-order valence-electron chi connectivity index (χ3n) is 12.1. The number of nitrogens with zero attached hydrogens (tertiary/aromatic N) is 1. The molecule has 0 saturated heterocycles. The Hall–Kier alpha value is -7.73. The van der Waals surface area contributed by atoms with Crippen LogP contribution in [0, 0.1) is 11.3 Å². The van der Waals surface area contributed by atoms with Crippen molar-refractivity contribution >= 4 is 86.6 Å². The smallest absolute Gasteiger partial charge is 0.136 e. The van der Waals surface area contributed by atoms with Gasteiger partial charge in [0.2, 0.25) is 0 Å². The molecular formula is C55H31NO. The van der Waals surface area contributed by atoms with E-state index in [-0.39, 0.29) is 0 Å². The molecule has 0 saturated carbocycles. The number of nitriles is 1. The van der Waals surface area contributed by atoms with Crippen molar-refractivity contribution in [2.24, 2.45) is 0 Å². The lowest BCUT2D eigenvalue weighted by molar-refractivity contribution is 0.670. The van der Waals surface area contributed by atoms with Crippen molar-refractivity contribution in [1.29, 1.82) is 5.26 Å². The molecule has 0 aliphatic carbocycles. The Bertz CT molecular complexity index is 3620. The van der Waals surface area contributed by atoms with E-state index in [2.05, 4.69) is 182 Å². The molecule has 0 spiro atoms. The minimum absolute atomic E-state index is 0.662. The van der Waals surface area contributed by atoms with Gasteiger partial charge < -0.3 is 4.42 Å². The molecule has 12 rings (SSSR count). The van der Waals surface area contributed by atoms with Crippen LogP contribution in [0.4, 0.5) is 0 Å². The summed E-state index contributed by atoms with van der Waals surface area (Å²) in [7, 11) is 0. The number of benzene rings is 11. The Morgan fingerprint density at radius 3 is 1.40 bits per heavy atom. The number of hydrogen-bond acceptors (Lipinski definition) is 2. The fourth-order valence-corrected chi connectivity index (χ4v) is 9.46. The molecule has 0 aliphatic rings. The third-order valence-corrected chi connectivity index (χ3v) is 12.1. The molecular weight excluding hydrogens is 691 g/mol. The summed E-state index contributed by atoms with van der Waals surface area (Å²) in [6.45, 7) is 0. The average Bonchev–Trinajstić information content (AvgIpc) is 3.66. The van der Waals surface area contributed by atoms with Crippen molar-refractivity contribution in [3.05, 3.63) is 194 Å². The highest BCUT2D eigenvalue weighted by atomic mass is 16.3. The van der Waals surface area contributed by atoms with Crippen molar-refractivity contribution in [1.82, 2.24) is 0 Å². The summed E-state index contributed by atoms with van der Waals surface area (Å²) in [5.74, 6) is 0. The van der Waals surface area contributed by atoms with E-state index >= 15 is 0 Å². The molecule has 57 heavy (non-hydrogen) atoms. The van der Waals surface area contributed by atoms with Gasteiger partial charge in [0.1, 0.15) is 11.2 Å². The lowest BCUT2D eigenvalue weighted by atomic mass is 9.85. The Morgan fingerprint density at radius 2 is 0.789 bits per heavy atom. The summed E-state index contributed by atoms with van der Waals surface area (Å²) in [6.07, 6.45) is 0. The maximum atomic E-state index is 9.45. The quantitative estimate of drug-likeness (QED) is 0.135. The minimum Gasteiger partial charge on any atom is -0.456 e. The van der Waals surface area contributed by atoms with Crippen LogP contribution in [0.25, 0.3) is 120 Å². The zero-order chi connectivity index (χ0) is 37.6. The van der Waals surface area contributed by atoms with Crippen LogP contribution < -0.4 is 0 Å². The topological polar surface area (TPSA) is 36.9 Å². The molecule has 0 atom stereocenters. The van der Waals surface area contributed by atoms with E-state index in [1.54, 1.807) is 0 Å². The molecule has 0 fully saturated rings. The van der Waals surface area contributed by atoms with Crippen LogP contribution in [0.5, 0.6) is 0 Å². The van der Waals surface area contributed by atoms with E-state index in [0.717, 1.165) is 22.1 Å². The van der Waals surface area contributed by atoms with Crippen LogP contribution in [-0.2, 0) is 0 Å². The molecule has 0 aliphatic heterocycles. The van der Waals surface area contributed by atoms with Crippen molar-refractivity contribution in [2.75, 3.05) is 0 Å². The van der Waals surface area contributed by atoms with Crippen LogP contribution in [0.3, 0.4) is 0 Å². The SMILES string of the molecule is N#Cc1ccc(-c2c3ccccc3c(-c3ccc(-c4ccc5c(c4)c4ccccc4c4cc6c(cc54)oc4ccc5ccccc5c46)cc3)c3ccccc23)cc1. The predicted octanol–water partition coefficient (Wildman–Crippen LogP) is 15.4. The highest BCUT2D eigenvalue weighted by molar-refractivity contribution is 6.30. The molecule has 1 aromatic heterocycles. The van der Waals surface area contributed by atoms with Gasteiger partial charge in [-0.15, -0.1) is 0 Å². The Morgan fingerprint density at radius 1 is 0.316 bits per heavy atom. The highest BCUT2D eigenvalue weighted by Gasteiger charge is 2.18. The summed E-state index contributed by atoms with van der Waals surface area (Å²) >= 11 is 0. The summed E-state index contributed by atoms with van der Waals surface area (Å²) in [5.41, 5.74) is 9.55. The normalized spacial score (nSPS) is 11.8. The van der Waals surface area contributed by atoms with Gasteiger partial charge in [-0.25, -0.2) is 0 Å². The van der Waals surface area contributed by atoms with E-state index in [9.17, 15) is 5.26 Å². The molecule has 0 N–H and O–H groups in total. The Kier molecular flexibility index (Phi) is 6.73. The minimum atomic E-state index is 0.662. The Labute approximate surface area is 328 Å². The molecule has 2 nitrogen and oxygen atoms in total. The van der Waals surface area contributed by atoms with Gasteiger partial charge in [0.05, 0.1) is 11.6 Å². The lowest BCUT2D eigenvalue weighted by Gasteiger charge is -2.18. The van der Waals surface area contributed by atoms with E-state index < -0.39 is 0 Å². The van der Waals surface area contributed by atoms with Crippen LogP contribution >= 0.6 is 0 Å². The monoisotopic (exact) mass is 721 g/mol. The van der Waals surface area contributed by atoms with Gasteiger partial charge in [-0.2, -0.15) is 5.26 Å². The van der Waals surface area contributed by atoms with Gasteiger partial charge in [0.15, 0.2) is 0 Å². The van der Waals surface area contributed by atoms with Crippen LogP contribution in [-0.4, -0.2) is 0 Å². The van der Waals surface area contributed by atoms with Crippen molar-refractivity contribution in [2.45, 2.75) is 0 Å². The lowest BCUT2D eigenvalue weighted by Crippen LogP contribution is -1.91. The highest BCUT2D eigenvalue weighted by Crippen LogP contribution is 2.45. The molecule has 12 aromatic rings. The van der Waals surface area contributed by atoms with Gasteiger partial charge in [-0.05, 0) is 134 Å². The molecule has 11 aromatic carbocycles. The summed E-state index contributed by atoms with van der Waals surface area (Å²) in [6, 6.07) is 69.8. The zero-order valence-corrected chi connectivity index (χ0v) is 30.8. The summed E-state index contributed by atoms with van der Waals surface area (Å²) in [5, 5.41) is 26.4. The van der Waals surface area contributed by atoms with Crippen LogP contribution in [0.1, 0.15) is 5.56 Å². The largest absolute Gasteiger partial charge is 0.456 e. The second-order valence-corrected chi connectivity index (χ2v) is 15.1. The van der Waals surface area contributed by atoms with Gasteiger partial charge in [-0.1, -0.05) is 152 Å². The molecule has 0 radical (unpaired) electrons. The molecule has 1 heterocycles. The van der Waals surface area contributed by atoms with Gasteiger partial charge in [-0.3, -0.25) is 0 Å². The Balaban J connectivity index is 1.02. The van der Waals surface area contributed by atoms with Crippen LogP contribution in [0.2, 0.25) is 0 Å². The first kappa shape index (κ1) is 31.6. The average molecular weight is 722 g/mol. The molecule has 262 valence electrons. The fraction of sp³-hybridized carbons (Fsp3) is 0. The molecule has 0 bridgehead atoms.